The van der Waals surface area contributed by atoms with Gasteiger partial charge in [-0.25, -0.2) is 0 Å². The van der Waals surface area contributed by atoms with Gasteiger partial charge in [0.15, 0.2) is 17.3 Å². The monoisotopic (exact) mass is 279 g/mol. The SMILES string of the molecule is N#CC(Cc1ccc2c(c1)OCO2)C(=O)c1ccccc1. The molecule has 1 atom stereocenters. The fourth-order valence-electron chi connectivity index (χ4n) is 2.30. The van der Waals surface area contributed by atoms with Crippen molar-refractivity contribution in [3.63, 3.8) is 0 Å². The fourth-order valence-corrected chi connectivity index (χ4v) is 2.30. The van der Waals surface area contributed by atoms with Crippen LogP contribution in [0, 0.1) is 17.2 Å². The molecule has 2 aromatic carbocycles. The van der Waals surface area contributed by atoms with E-state index in [0.717, 1.165) is 5.56 Å². The van der Waals surface area contributed by atoms with E-state index in [1.54, 1.807) is 30.3 Å². The molecule has 1 unspecified atom stereocenters. The van der Waals surface area contributed by atoms with Crippen LogP contribution in [0.1, 0.15) is 15.9 Å². The number of hydrogen-bond donors (Lipinski definition) is 0. The average molecular weight is 279 g/mol. The van der Waals surface area contributed by atoms with E-state index in [0.29, 0.717) is 23.5 Å². The Labute approximate surface area is 122 Å². The van der Waals surface area contributed by atoms with Gasteiger partial charge in [0.2, 0.25) is 6.79 Å². The molecule has 2 aromatic rings. The topological polar surface area (TPSA) is 59.3 Å². The summed E-state index contributed by atoms with van der Waals surface area (Å²) in [5, 5.41) is 9.29. The number of carbonyl (C=O) groups is 1. The van der Waals surface area contributed by atoms with Gasteiger partial charge >= 0.3 is 0 Å². The van der Waals surface area contributed by atoms with E-state index in [1.807, 2.05) is 18.2 Å². The lowest BCUT2D eigenvalue weighted by atomic mass is 9.92. The van der Waals surface area contributed by atoms with Gasteiger partial charge in [0.05, 0.1) is 6.07 Å². The maximum Gasteiger partial charge on any atom is 0.231 e. The lowest BCUT2D eigenvalue weighted by Crippen LogP contribution is -2.15. The Morgan fingerprint density at radius 3 is 2.67 bits per heavy atom. The number of fused-ring (bicyclic) bond motifs is 1. The normalized spacial score (nSPS) is 13.5. The molecule has 0 bridgehead atoms. The second kappa shape index (κ2) is 5.68. The third kappa shape index (κ3) is 2.72. The molecule has 1 aliphatic heterocycles. The van der Waals surface area contributed by atoms with Crippen LogP contribution in [-0.2, 0) is 6.42 Å². The highest BCUT2D eigenvalue weighted by molar-refractivity contribution is 5.99. The molecule has 0 radical (unpaired) electrons. The molecule has 1 heterocycles. The summed E-state index contributed by atoms with van der Waals surface area (Å²) in [4.78, 5) is 12.3. The second-order valence-electron chi connectivity index (χ2n) is 4.80. The summed E-state index contributed by atoms with van der Waals surface area (Å²) in [6, 6.07) is 16.5. The molecule has 21 heavy (non-hydrogen) atoms. The minimum Gasteiger partial charge on any atom is -0.454 e. The van der Waals surface area contributed by atoms with E-state index in [4.69, 9.17) is 9.47 Å². The van der Waals surface area contributed by atoms with Gasteiger partial charge in [0.1, 0.15) is 5.92 Å². The molecule has 4 nitrogen and oxygen atoms in total. The van der Waals surface area contributed by atoms with Crippen molar-refractivity contribution in [2.24, 2.45) is 5.92 Å². The Bertz CT molecular complexity index is 704. The Morgan fingerprint density at radius 2 is 1.90 bits per heavy atom. The number of Topliss-reactive ketones (excluding diaryl/α,β-unsaturated/α-hetero) is 1. The standard InChI is InChI=1S/C17H13NO3/c18-10-14(17(19)13-4-2-1-3-5-13)8-12-6-7-15-16(9-12)21-11-20-15/h1-7,9,14H,8,11H2. The summed E-state index contributed by atoms with van der Waals surface area (Å²) in [5.74, 6) is 0.501. The van der Waals surface area contributed by atoms with Crippen LogP contribution in [-0.4, -0.2) is 12.6 Å². The van der Waals surface area contributed by atoms with Crippen LogP contribution >= 0.6 is 0 Å². The van der Waals surface area contributed by atoms with Crippen LogP contribution in [0.2, 0.25) is 0 Å². The maximum absolute atomic E-state index is 12.3. The number of rotatable bonds is 4. The first-order valence-corrected chi connectivity index (χ1v) is 6.65. The number of ketones is 1. The molecule has 0 amide bonds. The lowest BCUT2D eigenvalue weighted by molar-refractivity contribution is 0.0948. The molecule has 0 N–H and O–H groups in total. The first-order chi connectivity index (χ1) is 10.3. The largest absolute Gasteiger partial charge is 0.454 e. The quantitative estimate of drug-likeness (QED) is 0.807. The van der Waals surface area contributed by atoms with Crippen molar-refractivity contribution >= 4 is 5.78 Å². The first kappa shape index (κ1) is 13.2. The highest BCUT2D eigenvalue weighted by atomic mass is 16.7. The van der Waals surface area contributed by atoms with E-state index < -0.39 is 5.92 Å². The zero-order valence-corrected chi connectivity index (χ0v) is 11.3. The van der Waals surface area contributed by atoms with E-state index in [-0.39, 0.29) is 12.6 Å². The van der Waals surface area contributed by atoms with Crippen molar-refractivity contribution in [2.45, 2.75) is 6.42 Å². The van der Waals surface area contributed by atoms with E-state index in [2.05, 4.69) is 6.07 Å². The molecule has 0 aliphatic carbocycles. The van der Waals surface area contributed by atoms with Crippen LogP contribution in [0.15, 0.2) is 48.5 Å². The summed E-state index contributed by atoms with van der Waals surface area (Å²) in [5.41, 5.74) is 1.44. The Morgan fingerprint density at radius 1 is 1.14 bits per heavy atom. The number of ether oxygens (including phenoxy) is 2. The fraction of sp³-hybridized carbons (Fsp3) is 0.176. The molecular weight excluding hydrogens is 266 g/mol. The Balaban J connectivity index is 1.79. The van der Waals surface area contributed by atoms with Crippen molar-refractivity contribution in [3.8, 4) is 17.6 Å². The molecule has 1 aliphatic rings. The smallest absolute Gasteiger partial charge is 0.231 e. The van der Waals surface area contributed by atoms with E-state index >= 15 is 0 Å². The molecular formula is C17H13NO3. The van der Waals surface area contributed by atoms with Crippen molar-refractivity contribution < 1.29 is 14.3 Å². The zero-order chi connectivity index (χ0) is 14.7. The van der Waals surface area contributed by atoms with Gasteiger partial charge in [-0.1, -0.05) is 36.4 Å². The third-order valence-corrected chi connectivity index (χ3v) is 3.41. The van der Waals surface area contributed by atoms with Crippen LogP contribution in [0.25, 0.3) is 0 Å². The van der Waals surface area contributed by atoms with Gasteiger partial charge in [0, 0.05) is 5.56 Å². The zero-order valence-electron chi connectivity index (χ0n) is 11.3. The number of benzene rings is 2. The number of nitrogens with zero attached hydrogens (tertiary/aromatic N) is 1. The minimum absolute atomic E-state index is 0.157. The van der Waals surface area contributed by atoms with Crippen LogP contribution in [0.3, 0.4) is 0 Å². The summed E-state index contributed by atoms with van der Waals surface area (Å²) >= 11 is 0. The number of carbonyl (C=O) groups excluding carboxylic acids is 1. The molecule has 0 aromatic heterocycles. The van der Waals surface area contributed by atoms with Gasteiger partial charge in [-0.3, -0.25) is 4.79 Å². The highest BCUT2D eigenvalue weighted by Gasteiger charge is 2.21. The Kier molecular flexibility index (Phi) is 3.57. The van der Waals surface area contributed by atoms with Gasteiger partial charge in [0.25, 0.3) is 0 Å². The van der Waals surface area contributed by atoms with Gasteiger partial charge in [-0.05, 0) is 24.1 Å². The number of hydrogen-bond acceptors (Lipinski definition) is 4. The second-order valence-corrected chi connectivity index (χ2v) is 4.80. The molecule has 4 heteroatoms. The molecule has 3 rings (SSSR count). The summed E-state index contributed by atoms with van der Waals surface area (Å²) in [6.07, 6.45) is 0.362. The predicted octanol–water partition coefficient (Wildman–Crippen LogP) is 2.98. The van der Waals surface area contributed by atoms with Crippen LogP contribution < -0.4 is 9.47 Å². The summed E-state index contributed by atoms with van der Waals surface area (Å²) < 4.78 is 10.6. The first-order valence-electron chi connectivity index (χ1n) is 6.65. The van der Waals surface area contributed by atoms with Crippen LogP contribution in [0.5, 0.6) is 11.5 Å². The molecule has 104 valence electrons. The van der Waals surface area contributed by atoms with E-state index in [1.165, 1.54) is 0 Å². The third-order valence-electron chi connectivity index (χ3n) is 3.41. The Hall–Kier alpha value is -2.80. The van der Waals surface area contributed by atoms with Gasteiger partial charge in [-0.2, -0.15) is 5.26 Å². The van der Waals surface area contributed by atoms with Gasteiger partial charge < -0.3 is 9.47 Å². The van der Waals surface area contributed by atoms with Crippen LogP contribution in [0.4, 0.5) is 0 Å². The van der Waals surface area contributed by atoms with Crippen molar-refractivity contribution in [1.82, 2.24) is 0 Å². The summed E-state index contributed by atoms with van der Waals surface area (Å²) in [6.45, 7) is 0.212. The van der Waals surface area contributed by atoms with Crippen molar-refractivity contribution in [3.05, 3.63) is 59.7 Å². The lowest BCUT2D eigenvalue weighted by Gasteiger charge is -2.09. The molecule has 0 saturated carbocycles. The van der Waals surface area contributed by atoms with E-state index in [9.17, 15) is 10.1 Å². The molecule has 0 spiro atoms. The van der Waals surface area contributed by atoms with Gasteiger partial charge in [-0.15, -0.1) is 0 Å². The predicted molar refractivity (Wildman–Crippen MR) is 76.1 cm³/mol. The highest BCUT2D eigenvalue weighted by Crippen LogP contribution is 2.33. The summed E-state index contributed by atoms with van der Waals surface area (Å²) in [7, 11) is 0. The van der Waals surface area contributed by atoms with Crippen molar-refractivity contribution in [1.29, 1.82) is 5.26 Å². The molecule has 0 saturated heterocycles. The molecule has 0 fully saturated rings. The van der Waals surface area contributed by atoms with Crippen molar-refractivity contribution in [2.75, 3.05) is 6.79 Å². The maximum atomic E-state index is 12.3. The minimum atomic E-state index is -0.701. The number of nitriles is 1. The average Bonchev–Trinajstić information content (AvgIpc) is 3.00.